The van der Waals surface area contributed by atoms with Gasteiger partial charge in [-0.1, -0.05) is 23.8 Å². The van der Waals surface area contributed by atoms with E-state index in [0.29, 0.717) is 11.3 Å². The third kappa shape index (κ3) is 3.43. The molecule has 5 nitrogen and oxygen atoms in total. The number of primary sulfonamides is 1. The highest BCUT2D eigenvalue weighted by Crippen LogP contribution is 2.15. The Kier molecular flexibility index (Phi) is 3.87. The standard InChI is InChI=1S/C14H14N2O3S/c1-10-5-7-11(8-6-10)14(17)16-12-3-2-4-13(9-12)20(15,18)19/h2-9H,1H3,(H,16,17)(H2,15,18,19). The largest absolute Gasteiger partial charge is 0.322 e. The number of amides is 1. The molecule has 0 aromatic heterocycles. The van der Waals surface area contributed by atoms with Crippen LogP contribution in [0.1, 0.15) is 15.9 Å². The first kappa shape index (κ1) is 14.2. The number of carbonyl (C=O) groups is 1. The van der Waals surface area contributed by atoms with Gasteiger partial charge >= 0.3 is 0 Å². The van der Waals surface area contributed by atoms with E-state index >= 15 is 0 Å². The Balaban J connectivity index is 2.22. The number of aryl methyl sites for hydroxylation is 1. The van der Waals surface area contributed by atoms with Crippen molar-refractivity contribution in [3.63, 3.8) is 0 Å². The van der Waals surface area contributed by atoms with Gasteiger partial charge < -0.3 is 5.32 Å². The molecule has 0 unspecified atom stereocenters. The number of anilines is 1. The van der Waals surface area contributed by atoms with E-state index in [1.807, 2.05) is 19.1 Å². The van der Waals surface area contributed by atoms with Crippen LogP contribution in [0.25, 0.3) is 0 Å². The minimum atomic E-state index is -3.78. The van der Waals surface area contributed by atoms with Crippen LogP contribution in [0.2, 0.25) is 0 Å². The summed E-state index contributed by atoms with van der Waals surface area (Å²) in [7, 11) is -3.78. The van der Waals surface area contributed by atoms with Gasteiger partial charge in [0.25, 0.3) is 5.91 Å². The van der Waals surface area contributed by atoms with Gasteiger partial charge in [-0.2, -0.15) is 0 Å². The number of hydrogen-bond donors (Lipinski definition) is 2. The van der Waals surface area contributed by atoms with Crippen molar-refractivity contribution in [3.8, 4) is 0 Å². The van der Waals surface area contributed by atoms with Gasteiger partial charge in [0.15, 0.2) is 0 Å². The molecule has 0 fully saturated rings. The maximum atomic E-state index is 12.0. The van der Waals surface area contributed by atoms with Gasteiger partial charge in [0.05, 0.1) is 4.90 Å². The maximum Gasteiger partial charge on any atom is 0.255 e. The van der Waals surface area contributed by atoms with Crippen molar-refractivity contribution in [2.24, 2.45) is 5.14 Å². The molecule has 20 heavy (non-hydrogen) atoms. The number of benzene rings is 2. The fraction of sp³-hybridized carbons (Fsp3) is 0.0714. The molecule has 2 aromatic carbocycles. The van der Waals surface area contributed by atoms with Crippen LogP contribution in [0.4, 0.5) is 5.69 Å². The van der Waals surface area contributed by atoms with E-state index in [4.69, 9.17) is 5.14 Å². The number of hydrogen-bond acceptors (Lipinski definition) is 3. The highest BCUT2D eigenvalue weighted by atomic mass is 32.2. The summed E-state index contributed by atoms with van der Waals surface area (Å²) >= 11 is 0. The summed E-state index contributed by atoms with van der Waals surface area (Å²) in [5.41, 5.74) is 1.93. The lowest BCUT2D eigenvalue weighted by molar-refractivity contribution is 0.102. The molecule has 0 radical (unpaired) electrons. The van der Waals surface area contributed by atoms with Crippen LogP contribution in [0.3, 0.4) is 0 Å². The molecule has 104 valence electrons. The Morgan fingerprint density at radius 3 is 2.35 bits per heavy atom. The van der Waals surface area contributed by atoms with E-state index in [-0.39, 0.29) is 10.8 Å². The summed E-state index contributed by atoms with van der Waals surface area (Å²) in [5, 5.41) is 7.67. The van der Waals surface area contributed by atoms with Crippen molar-refractivity contribution in [3.05, 3.63) is 59.7 Å². The molecule has 2 rings (SSSR count). The van der Waals surface area contributed by atoms with Crippen molar-refractivity contribution in [1.82, 2.24) is 0 Å². The smallest absolute Gasteiger partial charge is 0.255 e. The lowest BCUT2D eigenvalue weighted by Gasteiger charge is -2.07. The van der Waals surface area contributed by atoms with Gasteiger partial charge in [-0.05, 0) is 37.3 Å². The second-order valence-corrected chi connectivity index (χ2v) is 5.95. The molecule has 0 aliphatic rings. The first-order chi connectivity index (χ1) is 9.36. The first-order valence-electron chi connectivity index (χ1n) is 5.87. The molecule has 0 spiro atoms. The molecule has 2 aromatic rings. The Hall–Kier alpha value is -2.18. The van der Waals surface area contributed by atoms with Crippen molar-refractivity contribution in [1.29, 1.82) is 0 Å². The normalized spacial score (nSPS) is 11.1. The monoisotopic (exact) mass is 290 g/mol. The van der Waals surface area contributed by atoms with E-state index < -0.39 is 10.0 Å². The van der Waals surface area contributed by atoms with Gasteiger partial charge in [0.2, 0.25) is 10.0 Å². The number of carbonyl (C=O) groups excluding carboxylic acids is 1. The Bertz CT molecular complexity index is 737. The van der Waals surface area contributed by atoms with Gasteiger partial charge in [-0.25, -0.2) is 13.6 Å². The minimum Gasteiger partial charge on any atom is -0.322 e. The average Bonchev–Trinajstić information content (AvgIpc) is 2.38. The molecule has 0 heterocycles. The van der Waals surface area contributed by atoms with Crippen LogP contribution in [0.5, 0.6) is 0 Å². The van der Waals surface area contributed by atoms with Gasteiger partial charge in [0.1, 0.15) is 0 Å². The number of sulfonamides is 1. The zero-order chi connectivity index (χ0) is 14.8. The molecular weight excluding hydrogens is 276 g/mol. The third-order valence-electron chi connectivity index (χ3n) is 2.73. The summed E-state index contributed by atoms with van der Waals surface area (Å²) in [6.07, 6.45) is 0. The summed E-state index contributed by atoms with van der Waals surface area (Å²) < 4.78 is 22.5. The Morgan fingerprint density at radius 2 is 1.75 bits per heavy atom. The van der Waals surface area contributed by atoms with E-state index in [0.717, 1.165) is 5.56 Å². The summed E-state index contributed by atoms with van der Waals surface area (Å²) in [4.78, 5) is 12.0. The topological polar surface area (TPSA) is 89.3 Å². The summed E-state index contributed by atoms with van der Waals surface area (Å²) in [5.74, 6) is -0.309. The van der Waals surface area contributed by atoms with E-state index in [1.165, 1.54) is 18.2 Å². The van der Waals surface area contributed by atoms with Crippen LogP contribution in [-0.4, -0.2) is 14.3 Å². The molecule has 0 bridgehead atoms. The SMILES string of the molecule is Cc1ccc(C(=O)Nc2cccc(S(N)(=O)=O)c2)cc1. The average molecular weight is 290 g/mol. The van der Waals surface area contributed by atoms with Crippen molar-refractivity contribution in [2.75, 3.05) is 5.32 Å². The molecule has 3 N–H and O–H groups in total. The molecule has 0 aliphatic heterocycles. The molecule has 0 saturated carbocycles. The van der Waals surface area contributed by atoms with Crippen LogP contribution in [0, 0.1) is 6.92 Å². The Labute approximate surface area is 117 Å². The molecule has 0 saturated heterocycles. The first-order valence-corrected chi connectivity index (χ1v) is 7.42. The predicted molar refractivity (Wildman–Crippen MR) is 76.9 cm³/mol. The number of rotatable bonds is 3. The number of nitrogens with two attached hydrogens (primary N) is 1. The number of nitrogens with one attached hydrogen (secondary N) is 1. The van der Waals surface area contributed by atoms with Crippen LogP contribution in [-0.2, 0) is 10.0 Å². The van der Waals surface area contributed by atoms with Crippen LogP contribution in [0.15, 0.2) is 53.4 Å². The zero-order valence-corrected chi connectivity index (χ0v) is 11.6. The van der Waals surface area contributed by atoms with Crippen LogP contribution < -0.4 is 10.5 Å². The maximum absolute atomic E-state index is 12.0. The Morgan fingerprint density at radius 1 is 1.10 bits per heavy atom. The van der Waals surface area contributed by atoms with Gasteiger partial charge in [-0.15, -0.1) is 0 Å². The highest BCUT2D eigenvalue weighted by molar-refractivity contribution is 7.89. The van der Waals surface area contributed by atoms with E-state index in [9.17, 15) is 13.2 Å². The molecule has 1 amide bonds. The third-order valence-corrected chi connectivity index (χ3v) is 3.65. The molecule has 0 atom stereocenters. The summed E-state index contributed by atoms with van der Waals surface area (Å²) in [6.45, 7) is 1.93. The van der Waals surface area contributed by atoms with E-state index in [2.05, 4.69) is 5.32 Å². The molecule has 6 heteroatoms. The van der Waals surface area contributed by atoms with E-state index in [1.54, 1.807) is 18.2 Å². The predicted octanol–water partition coefficient (Wildman–Crippen LogP) is 1.89. The minimum absolute atomic E-state index is 0.0424. The quantitative estimate of drug-likeness (QED) is 0.904. The van der Waals surface area contributed by atoms with Gasteiger partial charge in [-0.3, -0.25) is 4.79 Å². The second-order valence-electron chi connectivity index (χ2n) is 4.39. The van der Waals surface area contributed by atoms with Crippen molar-refractivity contribution < 1.29 is 13.2 Å². The van der Waals surface area contributed by atoms with Gasteiger partial charge in [0, 0.05) is 11.3 Å². The van der Waals surface area contributed by atoms with Crippen LogP contribution >= 0.6 is 0 Å². The fourth-order valence-corrected chi connectivity index (χ4v) is 2.22. The highest BCUT2D eigenvalue weighted by Gasteiger charge is 2.10. The van der Waals surface area contributed by atoms with Crippen molar-refractivity contribution >= 4 is 21.6 Å². The lowest BCUT2D eigenvalue weighted by Crippen LogP contribution is -2.14. The fourth-order valence-electron chi connectivity index (χ4n) is 1.66. The molecule has 0 aliphatic carbocycles. The lowest BCUT2D eigenvalue weighted by atomic mass is 10.1. The summed E-state index contributed by atoms with van der Waals surface area (Å²) in [6, 6.07) is 12.9. The molecular formula is C14H14N2O3S. The zero-order valence-electron chi connectivity index (χ0n) is 10.8. The van der Waals surface area contributed by atoms with Crippen molar-refractivity contribution in [2.45, 2.75) is 11.8 Å². The second kappa shape index (κ2) is 5.44.